The molecule has 1 aromatic rings. The van der Waals surface area contributed by atoms with Crippen molar-refractivity contribution in [3.8, 4) is 6.07 Å². The van der Waals surface area contributed by atoms with Crippen molar-refractivity contribution in [2.24, 2.45) is 5.41 Å². The van der Waals surface area contributed by atoms with Crippen molar-refractivity contribution < 1.29 is 4.74 Å². The van der Waals surface area contributed by atoms with Gasteiger partial charge in [0.05, 0.1) is 30.1 Å². The maximum atomic E-state index is 9.71. The Kier molecular flexibility index (Phi) is 2.73. The minimum atomic E-state index is -0.183. The van der Waals surface area contributed by atoms with Gasteiger partial charge in [0.2, 0.25) is 0 Å². The first-order valence-corrected chi connectivity index (χ1v) is 7.12. The largest absolute Gasteiger partial charge is 0.379 e. The Morgan fingerprint density at radius 3 is 2.11 bits per heavy atom. The second-order valence-corrected chi connectivity index (χ2v) is 6.37. The Labute approximate surface area is 115 Å². The Balaban J connectivity index is 2.14. The second-order valence-electron chi connectivity index (χ2n) is 6.37. The van der Waals surface area contributed by atoms with E-state index in [1.165, 1.54) is 28.7 Å². The van der Waals surface area contributed by atoms with E-state index in [0.29, 0.717) is 13.2 Å². The van der Waals surface area contributed by atoms with Gasteiger partial charge in [-0.25, -0.2) is 0 Å². The number of ether oxygens (including phenoxy) is 1. The lowest BCUT2D eigenvalue weighted by Gasteiger charge is -2.57. The molecular formula is C17H21NO. The number of hydrogen-bond acceptors (Lipinski definition) is 2. The first-order valence-electron chi connectivity index (χ1n) is 7.12. The fourth-order valence-electron chi connectivity index (χ4n) is 3.70. The van der Waals surface area contributed by atoms with E-state index >= 15 is 0 Å². The number of aryl methyl sites for hydroxylation is 3. The number of nitriles is 1. The summed E-state index contributed by atoms with van der Waals surface area (Å²) in [6.45, 7) is 7.91. The van der Waals surface area contributed by atoms with Gasteiger partial charge in [0.1, 0.15) is 0 Å². The van der Waals surface area contributed by atoms with Gasteiger partial charge in [-0.1, -0.05) is 18.6 Å². The molecule has 1 aromatic carbocycles. The summed E-state index contributed by atoms with van der Waals surface area (Å²) in [5.41, 5.74) is 5.08. The van der Waals surface area contributed by atoms with Crippen LogP contribution >= 0.6 is 0 Å². The van der Waals surface area contributed by atoms with Crippen molar-refractivity contribution >= 4 is 0 Å². The van der Waals surface area contributed by atoms with Gasteiger partial charge in [0, 0.05) is 0 Å². The lowest BCUT2D eigenvalue weighted by Crippen LogP contribution is -2.61. The maximum absolute atomic E-state index is 9.71. The van der Waals surface area contributed by atoms with Gasteiger partial charge in [-0.3, -0.25) is 0 Å². The smallest absolute Gasteiger partial charge is 0.0715 e. The van der Waals surface area contributed by atoms with Gasteiger partial charge in [0.15, 0.2) is 0 Å². The third-order valence-corrected chi connectivity index (χ3v) is 5.39. The molecule has 0 aromatic heterocycles. The van der Waals surface area contributed by atoms with E-state index in [2.05, 4.69) is 39.0 Å². The van der Waals surface area contributed by atoms with Crippen molar-refractivity contribution in [2.75, 3.05) is 13.2 Å². The highest BCUT2D eigenvalue weighted by molar-refractivity contribution is 5.46. The van der Waals surface area contributed by atoms with Crippen LogP contribution in [0.1, 0.15) is 41.5 Å². The molecule has 1 aliphatic heterocycles. The fraction of sp³-hybridized carbons (Fsp3) is 0.588. The van der Waals surface area contributed by atoms with E-state index in [4.69, 9.17) is 4.74 Å². The minimum Gasteiger partial charge on any atom is -0.379 e. The van der Waals surface area contributed by atoms with Gasteiger partial charge in [-0.15, -0.1) is 0 Å². The molecular weight excluding hydrogens is 234 g/mol. The molecule has 3 rings (SSSR count). The minimum absolute atomic E-state index is 0.0530. The molecule has 1 heterocycles. The third-order valence-electron chi connectivity index (χ3n) is 5.39. The summed E-state index contributed by atoms with van der Waals surface area (Å²) in [7, 11) is 0. The van der Waals surface area contributed by atoms with Crippen molar-refractivity contribution in [1.82, 2.24) is 0 Å². The molecule has 2 fully saturated rings. The van der Waals surface area contributed by atoms with E-state index in [0.717, 1.165) is 12.8 Å². The van der Waals surface area contributed by atoms with Crippen molar-refractivity contribution in [3.63, 3.8) is 0 Å². The molecule has 2 aliphatic rings. The predicted octanol–water partition coefficient (Wildman–Crippen LogP) is 3.57. The normalized spacial score (nSPS) is 23.1. The van der Waals surface area contributed by atoms with Crippen LogP contribution in [0.5, 0.6) is 0 Å². The molecule has 1 aliphatic carbocycles. The lowest BCUT2D eigenvalue weighted by atomic mass is 9.50. The molecule has 19 heavy (non-hydrogen) atoms. The van der Waals surface area contributed by atoms with Gasteiger partial charge >= 0.3 is 0 Å². The molecule has 0 amide bonds. The fourth-order valence-corrected chi connectivity index (χ4v) is 3.70. The van der Waals surface area contributed by atoms with E-state index in [1.54, 1.807) is 0 Å². The highest BCUT2D eigenvalue weighted by Crippen LogP contribution is 2.58. The van der Waals surface area contributed by atoms with Gasteiger partial charge in [0.25, 0.3) is 0 Å². The van der Waals surface area contributed by atoms with Gasteiger partial charge < -0.3 is 4.74 Å². The summed E-state index contributed by atoms with van der Waals surface area (Å²) in [6, 6.07) is 7.19. The monoisotopic (exact) mass is 255 g/mol. The van der Waals surface area contributed by atoms with E-state index in [9.17, 15) is 5.26 Å². The molecule has 0 unspecified atom stereocenters. The van der Waals surface area contributed by atoms with Crippen LogP contribution in [-0.4, -0.2) is 13.2 Å². The summed E-state index contributed by atoms with van der Waals surface area (Å²) < 4.78 is 5.55. The van der Waals surface area contributed by atoms with Crippen LogP contribution in [0.2, 0.25) is 0 Å². The topological polar surface area (TPSA) is 33.0 Å². The zero-order valence-electron chi connectivity index (χ0n) is 12.0. The number of hydrogen-bond donors (Lipinski definition) is 0. The molecule has 2 nitrogen and oxygen atoms in total. The highest BCUT2D eigenvalue weighted by Gasteiger charge is 2.60. The predicted molar refractivity (Wildman–Crippen MR) is 75.0 cm³/mol. The van der Waals surface area contributed by atoms with Crippen LogP contribution in [0.25, 0.3) is 0 Å². The number of benzene rings is 1. The molecule has 0 atom stereocenters. The van der Waals surface area contributed by atoms with E-state index in [-0.39, 0.29) is 10.8 Å². The second kappa shape index (κ2) is 4.08. The van der Waals surface area contributed by atoms with Crippen molar-refractivity contribution in [1.29, 1.82) is 5.26 Å². The summed E-state index contributed by atoms with van der Waals surface area (Å²) in [4.78, 5) is 0. The van der Waals surface area contributed by atoms with Gasteiger partial charge in [-0.2, -0.15) is 5.26 Å². The van der Waals surface area contributed by atoms with Crippen LogP contribution in [0.3, 0.4) is 0 Å². The van der Waals surface area contributed by atoms with Crippen molar-refractivity contribution in [2.45, 2.75) is 45.4 Å². The van der Waals surface area contributed by atoms with E-state index < -0.39 is 0 Å². The average molecular weight is 255 g/mol. The number of rotatable bonds is 2. The number of nitrogens with zero attached hydrogens (tertiary/aromatic N) is 1. The Bertz CT molecular complexity index is 559. The summed E-state index contributed by atoms with van der Waals surface area (Å²) >= 11 is 0. The molecule has 2 heteroatoms. The van der Waals surface area contributed by atoms with Gasteiger partial charge in [-0.05, 0) is 55.9 Å². The Morgan fingerprint density at radius 1 is 1.05 bits per heavy atom. The first-order chi connectivity index (χ1) is 9.05. The Hall–Kier alpha value is -1.33. The maximum Gasteiger partial charge on any atom is 0.0715 e. The standard InChI is InChI=1S/C17H21NO/c1-12-7-14(3)15(8-13(12)2)17(10-19-11-17)16(9-18)5-4-6-16/h7-8H,4-6,10-11H2,1-3H3. The van der Waals surface area contributed by atoms with Crippen LogP contribution in [0, 0.1) is 37.5 Å². The lowest BCUT2D eigenvalue weighted by molar-refractivity contribution is -0.135. The molecule has 0 radical (unpaired) electrons. The van der Waals surface area contributed by atoms with E-state index in [1.807, 2.05) is 0 Å². The zero-order chi connectivity index (χ0) is 13.7. The molecule has 0 bridgehead atoms. The Morgan fingerprint density at radius 2 is 1.68 bits per heavy atom. The molecule has 0 N–H and O–H groups in total. The SMILES string of the molecule is Cc1cc(C)c(C2(C3(C#N)CCC3)COC2)cc1C. The molecule has 1 saturated heterocycles. The highest BCUT2D eigenvalue weighted by atomic mass is 16.5. The van der Waals surface area contributed by atoms with Crippen LogP contribution < -0.4 is 0 Å². The van der Waals surface area contributed by atoms with Crippen LogP contribution in [-0.2, 0) is 10.2 Å². The summed E-state index contributed by atoms with van der Waals surface area (Å²) in [5.74, 6) is 0. The average Bonchev–Trinajstić information content (AvgIpc) is 2.26. The molecule has 100 valence electrons. The quantitative estimate of drug-likeness (QED) is 0.809. The zero-order valence-corrected chi connectivity index (χ0v) is 12.0. The third kappa shape index (κ3) is 1.51. The van der Waals surface area contributed by atoms with Crippen LogP contribution in [0.4, 0.5) is 0 Å². The summed E-state index contributed by atoms with van der Waals surface area (Å²) in [5, 5.41) is 9.71. The molecule has 0 spiro atoms. The molecule has 1 saturated carbocycles. The van der Waals surface area contributed by atoms with Crippen molar-refractivity contribution in [3.05, 3.63) is 34.4 Å². The first kappa shape index (κ1) is 12.7. The summed E-state index contributed by atoms with van der Waals surface area (Å²) in [6.07, 6.45) is 3.23. The van der Waals surface area contributed by atoms with Crippen LogP contribution in [0.15, 0.2) is 12.1 Å².